The van der Waals surface area contributed by atoms with Gasteiger partial charge in [-0.15, -0.1) is 0 Å². The summed E-state index contributed by atoms with van der Waals surface area (Å²) in [4.78, 5) is 18.9. The first-order valence-electron chi connectivity index (χ1n) is 9.63. The quantitative estimate of drug-likeness (QED) is 0.541. The molecule has 1 N–H and O–H groups in total. The molecule has 0 spiro atoms. The normalized spacial score (nSPS) is 15.4. The zero-order chi connectivity index (χ0) is 21.4. The molecule has 0 saturated carbocycles. The van der Waals surface area contributed by atoms with Crippen molar-refractivity contribution in [2.24, 2.45) is 0 Å². The lowest BCUT2D eigenvalue weighted by molar-refractivity contribution is 0.0975. The van der Waals surface area contributed by atoms with E-state index >= 15 is 0 Å². The summed E-state index contributed by atoms with van der Waals surface area (Å²) >= 11 is 0. The number of anilines is 2. The summed E-state index contributed by atoms with van der Waals surface area (Å²) in [5.41, 5.74) is 2.79. The Kier molecular flexibility index (Phi) is 4.59. The van der Waals surface area contributed by atoms with Crippen molar-refractivity contribution in [3.63, 3.8) is 0 Å². The van der Waals surface area contributed by atoms with E-state index < -0.39 is 12.0 Å². The minimum absolute atomic E-state index is 0.176. The van der Waals surface area contributed by atoms with Crippen molar-refractivity contribution >= 4 is 17.3 Å². The smallest absolute Gasteiger partial charge is 0.262 e. The largest absolute Gasteiger partial charge is 0.497 e. The zero-order valence-electron chi connectivity index (χ0n) is 16.6. The fourth-order valence-corrected chi connectivity index (χ4v) is 3.71. The number of hydrogen-bond donors (Lipinski definition) is 1. The molecule has 31 heavy (non-hydrogen) atoms. The second-order valence-electron chi connectivity index (χ2n) is 7.02. The van der Waals surface area contributed by atoms with Crippen LogP contribution in [0.1, 0.15) is 22.1 Å². The van der Waals surface area contributed by atoms with Gasteiger partial charge in [0, 0.05) is 11.4 Å². The van der Waals surface area contributed by atoms with Gasteiger partial charge in [-0.1, -0.05) is 18.2 Å². The van der Waals surface area contributed by atoms with Crippen molar-refractivity contribution in [1.29, 1.82) is 0 Å². The monoisotopic (exact) mass is 415 g/mol. The van der Waals surface area contributed by atoms with Gasteiger partial charge in [0.1, 0.15) is 36.1 Å². The molecule has 1 amide bonds. The molecule has 1 aliphatic rings. The van der Waals surface area contributed by atoms with Crippen LogP contribution in [0.15, 0.2) is 79.4 Å². The number of nitrogens with one attached hydrogen (secondary N) is 1. The predicted molar refractivity (Wildman–Crippen MR) is 114 cm³/mol. The third-order valence-corrected chi connectivity index (χ3v) is 5.23. The van der Waals surface area contributed by atoms with Gasteiger partial charge < -0.3 is 10.1 Å². The Labute approximate surface area is 177 Å². The molecule has 1 aromatic heterocycles. The number of aromatic nitrogens is 3. The maximum atomic E-state index is 15.0. The van der Waals surface area contributed by atoms with Crippen LogP contribution in [0.4, 0.5) is 15.8 Å². The molecule has 3 aromatic carbocycles. The molecule has 5 rings (SSSR count). The number of carbonyl (C=O) groups is 1. The second-order valence-corrected chi connectivity index (χ2v) is 7.02. The van der Waals surface area contributed by atoms with Crippen molar-refractivity contribution in [3.8, 4) is 11.4 Å². The number of hydrogen-bond acceptors (Lipinski definition) is 5. The maximum absolute atomic E-state index is 15.0. The first kappa shape index (κ1) is 18.8. The van der Waals surface area contributed by atoms with Crippen LogP contribution in [0.25, 0.3) is 5.69 Å². The molecule has 0 aliphatic carbocycles. The van der Waals surface area contributed by atoms with Crippen LogP contribution < -0.4 is 15.0 Å². The molecule has 1 unspecified atom stereocenters. The molecule has 7 nitrogen and oxygen atoms in total. The van der Waals surface area contributed by atoms with Crippen molar-refractivity contribution < 1.29 is 13.9 Å². The van der Waals surface area contributed by atoms with Gasteiger partial charge in [0.15, 0.2) is 0 Å². The Morgan fingerprint density at radius 3 is 2.58 bits per heavy atom. The summed E-state index contributed by atoms with van der Waals surface area (Å²) in [5, 5.41) is 7.36. The minimum atomic E-state index is -0.602. The Bertz CT molecular complexity index is 1240. The van der Waals surface area contributed by atoms with Gasteiger partial charge in [0.25, 0.3) is 5.91 Å². The van der Waals surface area contributed by atoms with Gasteiger partial charge in [-0.05, 0) is 54.1 Å². The molecule has 0 bridgehead atoms. The maximum Gasteiger partial charge on any atom is 0.262 e. The summed E-state index contributed by atoms with van der Waals surface area (Å²) in [6.07, 6.45) is 2.17. The molecule has 2 heterocycles. The van der Waals surface area contributed by atoms with E-state index in [0.717, 1.165) is 0 Å². The zero-order valence-corrected chi connectivity index (χ0v) is 16.6. The first-order chi connectivity index (χ1) is 15.2. The average Bonchev–Trinajstić information content (AvgIpc) is 3.34. The second kappa shape index (κ2) is 7.56. The first-order valence-corrected chi connectivity index (χ1v) is 9.63. The highest BCUT2D eigenvalue weighted by molar-refractivity contribution is 6.12. The predicted octanol–water partition coefficient (Wildman–Crippen LogP) is 4.19. The molecule has 1 aliphatic heterocycles. The van der Waals surface area contributed by atoms with Crippen LogP contribution in [-0.2, 0) is 0 Å². The van der Waals surface area contributed by atoms with Crippen molar-refractivity contribution in [1.82, 2.24) is 14.8 Å². The van der Waals surface area contributed by atoms with Gasteiger partial charge in [0.2, 0.25) is 0 Å². The summed E-state index contributed by atoms with van der Waals surface area (Å²) in [5.74, 6) is 0.0393. The molecular formula is C23H18FN5O2. The Hall–Kier alpha value is -4.20. The van der Waals surface area contributed by atoms with E-state index in [1.807, 2.05) is 18.2 Å². The highest BCUT2D eigenvalue weighted by Crippen LogP contribution is 2.37. The average molecular weight is 415 g/mol. The number of para-hydroxylation sites is 1. The van der Waals surface area contributed by atoms with E-state index in [2.05, 4.69) is 15.4 Å². The SMILES string of the molecule is COc1ccc(N2C(=O)c3ccccc3NC2c2ccc(-n3cncn3)c(F)c2)cc1. The Balaban J connectivity index is 1.60. The fourth-order valence-electron chi connectivity index (χ4n) is 3.71. The topological polar surface area (TPSA) is 72.3 Å². The summed E-state index contributed by atoms with van der Waals surface area (Å²) in [7, 11) is 1.58. The molecule has 8 heteroatoms. The molecular weight excluding hydrogens is 397 g/mol. The molecule has 1 atom stereocenters. The van der Waals surface area contributed by atoms with Crippen LogP contribution in [-0.4, -0.2) is 27.8 Å². The van der Waals surface area contributed by atoms with Gasteiger partial charge in [0.05, 0.1) is 12.7 Å². The van der Waals surface area contributed by atoms with Gasteiger partial charge in [-0.25, -0.2) is 14.1 Å². The van der Waals surface area contributed by atoms with Gasteiger partial charge in [-0.2, -0.15) is 5.10 Å². The Morgan fingerprint density at radius 2 is 1.87 bits per heavy atom. The third kappa shape index (κ3) is 3.28. The summed E-state index contributed by atoms with van der Waals surface area (Å²) in [6.45, 7) is 0. The number of amides is 1. The number of halogens is 1. The lowest BCUT2D eigenvalue weighted by Gasteiger charge is -2.38. The summed E-state index contributed by atoms with van der Waals surface area (Å²) in [6, 6.07) is 19.3. The van der Waals surface area contributed by atoms with Crippen LogP contribution in [0.5, 0.6) is 5.75 Å². The number of rotatable bonds is 4. The minimum Gasteiger partial charge on any atom is -0.497 e. The lowest BCUT2D eigenvalue weighted by atomic mass is 10.0. The standard InChI is InChI=1S/C23H18FN5O2/c1-31-17-9-7-16(8-10-17)29-22(27-20-5-3-2-4-18(20)23(29)30)15-6-11-21(19(24)12-15)28-14-25-13-26-28/h2-14,22,27H,1H3. The van der Waals surface area contributed by atoms with Crippen molar-refractivity contribution in [2.45, 2.75) is 6.17 Å². The van der Waals surface area contributed by atoms with E-state index in [1.54, 1.807) is 54.5 Å². The van der Waals surface area contributed by atoms with E-state index in [9.17, 15) is 9.18 Å². The van der Waals surface area contributed by atoms with Gasteiger partial charge >= 0.3 is 0 Å². The van der Waals surface area contributed by atoms with Crippen LogP contribution in [0.3, 0.4) is 0 Å². The number of nitrogens with zero attached hydrogens (tertiary/aromatic N) is 4. The van der Waals surface area contributed by atoms with Crippen LogP contribution in [0, 0.1) is 5.82 Å². The van der Waals surface area contributed by atoms with Crippen molar-refractivity contribution in [3.05, 3.63) is 96.3 Å². The molecule has 0 radical (unpaired) electrons. The van der Waals surface area contributed by atoms with E-state index in [1.165, 1.54) is 23.4 Å². The molecule has 0 fully saturated rings. The number of benzene rings is 3. The summed E-state index contributed by atoms with van der Waals surface area (Å²) < 4.78 is 21.5. The van der Waals surface area contributed by atoms with Gasteiger partial charge in [-0.3, -0.25) is 9.69 Å². The number of fused-ring (bicyclic) bond motifs is 1. The number of carbonyl (C=O) groups excluding carboxylic acids is 1. The molecule has 4 aromatic rings. The molecule has 0 saturated heterocycles. The highest BCUT2D eigenvalue weighted by Gasteiger charge is 2.34. The highest BCUT2D eigenvalue weighted by atomic mass is 19.1. The van der Waals surface area contributed by atoms with E-state index in [4.69, 9.17) is 4.74 Å². The Morgan fingerprint density at radius 1 is 1.06 bits per heavy atom. The lowest BCUT2D eigenvalue weighted by Crippen LogP contribution is -2.43. The van der Waals surface area contributed by atoms with E-state index in [-0.39, 0.29) is 11.6 Å². The third-order valence-electron chi connectivity index (χ3n) is 5.23. The fraction of sp³-hybridized carbons (Fsp3) is 0.0870. The molecule has 154 valence electrons. The van der Waals surface area contributed by atoms with Crippen molar-refractivity contribution in [2.75, 3.05) is 17.3 Å². The number of methoxy groups -OCH3 is 1. The van der Waals surface area contributed by atoms with Crippen LogP contribution in [0.2, 0.25) is 0 Å². The van der Waals surface area contributed by atoms with Crippen LogP contribution >= 0.6 is 0 Å². The number of ether oxygens (including phenoxy) is 1. The van der Waals surface area contributed by atoms with E-state index in [0.29, 0.717) is 28.3 Å².